The van der Waals surface area contributed by atoms with Gasteiger partial charge in [0.25, 0.3) is 0 Å². The minimum absolute atomic E-state index is 0.652. The number of methoxy groups -OCH3 is 1. The van der Waals surface area contributed by atoms with Crippen LogP contribution in [0.25, 0.3) is 0 Å². The van der Waals surface area contributed by atoms with Crippen LogP contribution in [-0.2, 0) is 0 Å². The molecule has 1 heterocycles. The number of aryl methyl sites for hydroxylation is 1. The molecular weight excluding hydrogens is 202 g/mol. The Labute approximate surface area is 94.7 Å². The molecule has 3 heteroatoms. The van der Waals surface area contributed by atoms with Crippen LogP contribution in [0.15, 0.2) is 36.7 Å². The highest BCUT2D eigenvalue weighted by Crippen LogP contribution is 2.30. The van der Waals surface area contributed by atoms with Crippen molar-refractivity contribution < 1.29 is 9.84 Å². The monoisotopic (exact) mass is 217 g/mol. The highest BCUT2D eigenvalue weighted by atomic mass is 16.5. The fourth-order valence-electron chi connectivity index (χ4n) is 1.75. The number of benzene rings is 1. The highest BCUT2D eigenvalue weighted by molar-refractivity contribution is 5.42. The van der Waals surface area contributed by atoms with Crippen molar-refractivity contribution in [3.63, 3.8) is 0 Å². The maximum atomic E-state index is 10.2. The zero-order chi connectivity index (χ0) is 11.5. The lowest BCUT2D eigenvalue weighted by Crippen LogP contribution is -2.01. The van der Waals surface area contributed by atoms with Crippen LogP contribution >= 0.6 is 0 Å². The number of nitrogens with one attached hydrogen (secondary N) is 1. The average molecular weight is 217 g/mol. The van der Waals surface area contributed by atoms with Gasteiger partial charge in [-0.15, -0.1) is 0 Å². The predicted octanol–water partition coefficient (Wildman–Crippen LogP) is 2.41. The van der Waals surface area contributed by atoms with Gasteiger partial charge in [-0.1, -0.05) is 11.6 Å². The topological polar surface area (TPSA) is 45.2 Å². The maximum Gasteiger partial charge on any atom is 0.125 e. The lowest BCUT2D eigenvalue weighted by molar-refractivity contribution is 0.215. The van der Waals surface area contributed by atoms with Crippen LogP contribution in [0.1, 0.15) is 22.8 Å². The molecule has 0 fully saturated rings. The van der Waals surface area contributed by atoms with E-state index in [1.807, 2.05) is 31.2 Å². The molecule has 0 spiro atoms. The van der Waals surface area contributed by atoms with Crippen molar-refractivity contribution in [3.8, 4) is 5.75 Å². The summed E-state index contributed by atoms with van der Waals surface area (Å²) in [5, 5.41) is 10.2. The molecule has 16 heavy (non-hydrogen) atoms. The number of hydrogen-bond donors (Lipinski definition) is 2. The fraction of sp³-hybridized carbons (Fsp3) is 0.231. The van der Waals surface area contributed by atoms with Crippen LogP contribution in [0.5, 0.6) is 5.75 Å². The Kier molecular flexibility index (Phi) is 2.97. The van der Waals surface area contributed by atoms with Crippen molar-refractivity contribution in [3.05, 3.63) is 53.3 Å². The van der Waals surface area contributed by atoms with Crippen LogP contribution in [0.3, 0.4) is 0 Å². The third kappa shape index (κ3) is 1.95. The summed E-state index contributed by atoms with van der Waals surface area (Å²) in [5.74, 6) is 0.708. The summed E-state index contributed by atoms with van der Waals surface area (Å²) in [4.78, 5) is 2.93. The van der Waals surface area contributed by atoms with Gasteiger partial charge in [0.2, 0.25) is 0 Å². The van der Waals surface area contributed by atoms with Gasteiger partial charge in [-0.2, -0.15) is 0 Å². The number of rotatable bonds is 3. The van der Waals surface area contributed by atoms with Gasteiger partial charge in [0.15, 0.2) is 0 Å². The number of aliphatic hydroxyl groups is 1. The van der Waals surface area contributed by atoms with Crippen LogP contribution in [0.4, 0.5) is 0 Å². The van der Waals surface area contributed by atoms with Crippen LogP contribution in [0, 0.1) is 6.92 Å². The summed E-state index contributed by atoms with van der Waals surface area (Å²) in [7, 11) is 1.61. The van der Waals surface area contributed by atoms with Gasteiger partial charge >= 0.3 is 0 Å². The zero-order valence-corrected chi connectivity index (χ0v) is 9.40. The van der Waals surface area contributed by atoms with E-state index < -0.39 is 6.10 Å². The molecule has 2 rings (SSSR count). The molecule has 1 aromatic heterocycles. The van der Waals surface area contributed by atoms with Gasteiger partial charge in [0.05, 0.1) is 7.11 Å². The number of ether oxygens (including phenoxy) is 1. The Bertz CT molecular complexity index is 463. The van der Waals surface area contributed by atoms with E-state index in [1.54, 1.807) is 19.5 Å². The van der Waals surface area contributed by atoms with Crippen LogP contribution < -0.4 is 4.74 Å². The first-order chi connectivity index (χ1) is 7.72. The third-order valence-corrected chi connectivity index (χ3v) is 2.62. The molecule has 0 bridgehead atoms. The third-order valence-electron chi connectivity index (χ3n) is 2.62. The van der Waals surface area contributed by atoms with Gasteiger partial charge in [-0.3, -0.25) is 0 Å². The van der Waals surface area contributed by atoms with Crippen LogP contribution in [0.2, 0.25) is 0 Å². The van der Waals surface area contributed by atoms with E-state index in [0.717, 1.165) is 16.7 Å². The summed E-state index contributed by atoms with van der Waals surface area (Å²) in [6.07, 6.45) is 2.92. The van der Waals surface area contributed by atoms with E-state index in [-0.39, 0.29) is 0 Å². The van der Waals surface area contributed by atoms with E-state index in [1.165, 1.54) is 0 Å². The number of aromatic nitrogens is 1. The van der Waals surface area contributed by atoms with Crippen molar-refractivity contribution in [2.45, 2.75) is 13.0 Å². The Balaban J connectivity index is 2.42. The van der Waals surface area contributed by atoms with E-state index in [9.17, 15) is 5.11 Å². The molecule has 3 nitrogen and oxygen atoms in total. The first-order valence-electron chi connectivity index (χ1n) is 5.17. The highest BCUT2D eigenvalue weighted by Gasteiger charge is 2.15. The molecule has 1 unspecified atom stereocenters. The van der Waals surface area contributed by atoms with E-state index in [4.69, 9.17) is 4.74 Å². The number of H-pyrrole nitrogens is 1. The molecule has 1 atom stereocenters. The summed E-state index contributed by atoms with van der Waals surface area (Å²) in [5.41, 5.74) is 2.73. The molecule has 2 N–H and O–H groups in total. The first-order valence-corrected chi connectivity index (χ1v) is 5.17. The van der Waals surface area contributed by atoms with Crippen molar-refractivity contribution in [1.82, 2.24) is 4.98 Å². The van der Waals surface area contributed by atoms with Gasteiger partial charge in [0, 0.05) is 23.5 Å². The van der Waals surface area contributed by atoms with E-state index in [0.29, 0.717) is 5.75 Å². The first kappa shape index (κ1) is 10.8. The number of hydrogen-bond acceptors (Lipinski definition) is 2. The molecule has 1 aromatic carbocycles. The maximum absolute atomic E-state index is 10.2. The summed E-state index contributed by atoms with van der Waals surface area (Å²) >= 11 is 0. The molecule has 0 aliphatic rings. The molecule has 0 saturated carbocycles. The second kappa shape index (κ2) is 4.41. The Morgan fingerprint density at radius 1 is 1.31 bits per heavy atom. The summed E-state index contributed by atoms with van der Waals surface area (Å²) in [6, 6.07) is 7.63. The summed E-state index contributed by atoms with van der Waals surface area (Å²) < 4.78 is 5.25. The standard InChI is InChI=1S/C13H15NO2/c1-9-3-4-12(16-2)11(7-9)13(15)10-5-6-14-8-10/h3-8,13-15H,1-2H3. The van der Waals surface area contributed by atoms with Crippen molar-refractivity contribution in [2.24, 2.45) is 0 Å². The smallest absolute Gasteiger partial charge is 0.125 e. The largest absolute Gasteiger partial charge is 0.496 e. The van der Waals surface area contributed by atoms with Crippen molar-refractivity contribution in [1.29, 1.82) is 0 Å². The van der Waals surface area contributed by atoms with Gasteiger partial charge in [-0.05, 0) is 25.1 Å². The predicted molar refractivity (Wildman–Crippen MR) is 62.6 cm³/mol. The van der Waals surface area contributed by atoms with Crippen molar-refractivity contribution in [2.75, 3.05) is 7.11 Å². The van der Waals surface area contributed by atoms with Gasteiger partial charge < -0.3 is 14.8 Å². The second-order valence-electron chi connectivity index (χ2n) is 3.79. The van der Waals surface area contributed by atoms with Gasteiger partial charge in [0.1, 0.15) is 11.9 Å². The molecule has 2 aromatic rings. The molecule has 84 valence electrons. The summed E-state index contributed by atoms with van der Waals surface area (Å²) in [6.45, 7) is 1.99. The molecule has 0 saturated heterocycles. The molecule has 0 radical (unpaired) electrons. The average Bonchev–Trinajstić information content (AvgIpc) is 2.81. The Hall–Kier alpha value is -1.74. The van der Waals surface area contributed by atoms with E-state index in [2.05, 4.69) is 4.98 Å². The zero-order valence-electron chi connectivity index (χ0n) is 9.40. The lowest BCUT2D eigenvalue weighted by atomic mass is 10.0. The van der Waals surface area contributed by atoms with Crippen LogP contribution in [-0.4, -0.2) is 17.2 Å². The molecule has 0 aliphatic carbocycles. The quantitative estimate of drug-likeness (QED) is 0.829. The fourth-order valence-corrected chi connectivity index (χ4v) is 1.75. The second-order valence-corrected chi connectivity index (χ2v) is 3.79. The Morgan fingerprint density at radius 2 is 2.12 bits per heavy atom. The Morgan fingerprint density at radius 3 is 2.75 bits per heavy atom. The molecular formula is C13H15NO2. The lowest BCUT2D eigenvalue weighted by Gasteiger charge is -2.14. The van der Waals surface area contributed by atoms with Crippen molar-refractivity contribution >= 4 is 0 Å². The SMILES string of the molecule is COc1ccc(C)cc1C(O)c1cc[nH]c1. The minimum Gasteiger partial charge on any atom is -0.496 e. The number of aromatic amines is 1. The number of aliphatic hydroxyl groups excluding tert-OH is 1. The van der Waals surface area contributed by atoms with Gasteiger partial charge in [-0.25, -0.2) is 0 Å². The minimum atomic E-state index is -0.652. The molecule has 0 aliphatic heterocycles. The normalized spacial score (nSPS) is 12.4. The van der Waals surface area contributed by atoms with E-state index >= 15 is 0 Å². The molecule has 0 amide bonds.